The van der Waals surface area contributed by atoms with Crippen LogP contribution in [0.4, 0.5) is 0 Å². The average molecular weight is 377 g/mol. The molecule has 3 aromatic carbocycles. The average Bonchev–Trinajstić information content (AvgIpc) is 2.73. The number of para-hydroxylation sites is 1. The lowest BCUT2D eigenvalue weighted by Crippen LogP contribution is -2.36. The van der Waals surface area contributed by atoms with Gasteiger partial charge in [-0.2, -0.15) is 0 Å². The van der Waals surface area contributed by atoms with Crippen LogP contribution in [0.25, 0.3) is 0 Å². The van der Waals surface area contributed by atoms with Crippen molar-refractivity contribution in [3.8, 4) is 11.5 Å². The van der Waals surface area contributed by atoms with Gasteiger partial charge >= 0.3 is 0 Å². The Balaban J connectivity index is 1.57. The van der Waals surface area contributed by atoms with E-state index in [1.807, 2.05) is 60.7 Å². The van der Waals surface area contributed by atoms with Crippen molar-refractivity contribution < 1.29 is 14.9 Å². The highest BCUT2D eigenvalue weighted by atomic mass is 16.5. The number of aliphatic hydroxyl groups is 1. The molecule has 0 spiro atoms. The molecule has 28 heavy (non-hydrogen) atoms. The van der Waals surface area contributed by atoms with Crippen LogP contribution in [0.1, 0.15) is 11.1 Å². The zero-order chi connectivity index (χ0) is 19.6. The van der Waals surface area contributed by atoms with E-state index < -0.39 is 6.10 Å². The number of benzene rings is 3. The van der Waals surface area contributed by atoms with E-state index in [4.69, 9.17) is 4.74 Å². The van der Waals surface area contributed by atoms with E-state index >= 15 is 0 Å². The number of phenols is 1. The molecule has 0 aromatic heterocycles. The zero-order valence-corrected chi connectivity index (χ0v) is 15.9. The van der Waals surface area contributed by atoms with Gasteiger partial charge in [0.15, 0.2) is 0 Å². The SMILES string of the molecule is Oc1ccc(CCN(Cc2ccccc2)C[C@H](O)COc2ccccc2)cc1. The second kappa shape index (κ2) is 10.5. The smallest absolute Gasteiger partial charge is 0.119 e. The Morgan fingerprint density at radius 1 is 0.786 bits per heavy atom. The van der Waals surface area contributed by atoms with Crippen LogP contribution < -0.4 is 4.74 Å². The molecule has 0 aliphatic rings. The largest absolute Gasteiger partial charge is 0.508 e. The summed E-state index contributed by atoms with van der Waals surface area (Å²) in [7, 11) is 0. The van der Waals surface area contributed by atoms with Gasteiger partial charge in [0.25, 0.3) is 0 Å². The number of hydrogen-bond acceptors (Lipinski definition) is 4. The van der Waals surface area contributed by atoms with Gasteiger partial charge in [0.1, 0.15) is 24.2 Å². The lowest BCUT2D eigenvalue weighted by Gasteiger charge is -2.25. The van der Waals surface area contributed by atoms with Crippen LogP contribution in [-0.4, -0.2) is 40.9 Å². The van der Waals surface area contributed by atoms with Crippen LogP contribution in [0.15, 0.2) is 84.9 Å². The summed E-state index contributed by atoms with van der Waals surface area (Å²) in [5, 5.41) is 19.9. The molecular weight excluding hydrogens is 350 g/mol. The third kappa shape index (κ3) is 6.72. The van der Waals surface area contributed by atoms with Crippen LogP contribution in [0, 0.1) is 0 Å². The number of ether oxygens (including phenoxy) is 1. The van der Waals surface area contributed by atoms with Crippen LogP contribution in [0.5, 0.6) is 11.5 Å². The molecule has 0 bridgehead atoms. The summed E-state index contributed by atoms with van der Waals surface area (Å²) in [5.74, 6) is 1.04. The monoisotopic (exact) mass is 377 g/mol. The van der Waals surface area contributed by atoms with E-state index in [9.17, 15) is 10.2 Å². The number of hydrogen-bond donors (Lipinski definition) is 2. The van der Waals surface area contributed by atoms with Gasteiger partial charge in [0.05, 0.1) is 0 Å². The summed E-state index contributed by atoms with van der Waals surface area (Å²) in [6.07, 6.45) is 0.267. The summed E-state index contributed by atoms with van der Waals surface area (Å²) in [6, 6.07) is 27.1. The van der Waals surface area contributed by atoms with E-state index in [1.165, 1.54) is 5.56 Å². The summed E-state index contributed by atoms with van der Waals surface area (Å²) in [6.45, 7) is 2.36. The number of rotatable bonds is 10. The number of aromatic hydroxyl groups is 1. The first-order valence-corrected chi connectivity index (χ1v) is 9.59. The fourth-order valence-electron chi connectivity index (χ4n) is 3.09. The van der Waals surface area contributed by atoms with Gasteiger partial charge in [0, 0.05) is 19.6 Å². The Hall–Kier alpha value is -2.82. The zero-order valence-electron chi connectivity index (χ0n) is 15.9. The molecule has 0 unspecified atom stereocenters. The third-order valence-corrected chi connectivity index (χ3v) is 4.56. The van der Waals surface area contributed by atoms with Gasteiger partial charge in [-0.05, 0) is 41.8 Å². The van der Waals surface area contributed by atoms with Crippen molar-refractivity contribution in [2.24, 2.45) is 0 Å². The van der Waals surface area contributed by atoms with E-state index in [0.29, 0.717) is 6.54 Å². The molecule has 4 heteroatoms. The minimum atomic E-state index is -0.580. The summed E-state index contributed by atoms with van der Waals surface area (Å²) in [5.41, 5.74) is 2.37. The van der Waals surface area contributed by atoms with Crippen molar-refractivity contribution in [3.63, 3.8) is 0 Å². The fraction of sp³-hybridized carbons (Fsp3) is 0.250. The summed E-state index contributed by atoms with van der Waals surface area (Å²) < 4.78 is 5.69. The van der Waals surface area contributed by atoms with E-state index in [0.717, 1.165) is 30.8 Å². The second-order valence-electron chi connectivity index (χ2n) is 6.92. The van der Waals surface area contributed by atoms with Crippen LogP contribution in [0.2, 0.25) is 0 Å². The second-order valence-corrected chi connectivity index (χ2v) is 6.92. The molecule has 0 fully saturated rings. The first kappa shape index (κ1) is 19.9. The van der Waals surface area contributed by atoms with E-state index in [-0.39, 0.29) is 12.4 Å². The first-order valence-electron chi connectivity index (χ1n) is 9.59. The third-order valence-electron chi connectivity index (χ3n) is 4.56. The van der Waals surface area contributed by atoms with Crippen LogP contribution in [0.3, 0.4) is 0 Å². The van der Waals surface area contributed by atoms with Gasteiger partial charge < -0.3 is 14.9 Å². The molecule has 0 radical (unpaired) electrons. The Bertz CT molecular complexity index is 806. The van der Waals surface area contributed by atoms with Crippen LogP contribution >= 0.6 is 0 Å². The molecule has 3 rings (SSSR count). The van der Waals surface area contributed by atoms with Gasteiger partial charge in [-0.3, -0.25) is 4.90 Å². The Labute approximate surface area is 166 Å². The molecule has 4 nitrogen and oxygen atoms in total. The van der Waals surface area contributed by atoms with Crippen molar-refractivity contribution in [1.29, 1.82) is 0 Å². The highest BCUT2D eigenvalue weighted by Crippen LogP contribution is 2.13. The lowest BCUT2D eigenvalue weighted by molar-refractivity contribution is 0.0659. The fourth-order valence-corrected chi connectivity index (χ4v) is 3.09. The number of phenolic OH excluding ortho intramolecular Hbond substituents is 1. The molecule has 1 atom stereocenters. The number of nitrogens with zero attached hydrogens (tertiary/aromatic N) is 1. The van der Waals surface area contributed by atoms with Gasteiger partial charge in [-0.25, -0.2) is 0 Å². The first-order chi connectivity index (χ1) is 13.7. The minimum Gasteiger partial charge on any atom is -0.508 e. The maximum atomic E-state index is 10.5. The van der Waals surface area contributed by atoms with Gasteiger partial charge in [0.2, 0.25) is 0 Å². The molecule has 3 aromatic rings. The van der Waals surface area contributed by atoms with Crippen molar-refractivity contribution in [2.75, 3.05) is 19.7 Å². The molecule has 0 heterocycles. The molecule has 146 valence electrons. The quantitative estimate of drug-likeness (QED) is 0.563. The summed E-state index contributed by atoms with van der Waals surface area (Å²) >= 11 is 0. The Morgan fingerprint density at radius 2 is 1.43 bits per heavy atom. The topological polar surface area (TPSA) is 52.9 Å². The number of aliphatic hydroxyl groups excluding tert-OH is 1. The minimum absolute atomic E-state index is 0.258. The van der Waals surface area contributed by atoms with Gasteiger partial charge in [-0.15, -0.1) is 0 Å². The van der Waals surface area contributed by atoms with Crippen molar-refractivity contribution in [2.45, 2.75) is 19.1 Å². The molecule has 0 aliphatic heterocycles. The molecular formula is C24H27NO3. The Kier molecular flexibility index (Phi) is 7.47. The standard InChI is InChI=1S/C24H27NO3/c26-22-13-11-20(12-14-22)15-16-25(17-21-7-3-1-4-8-21)18-23(27)19-28-24-9-5-2-6-10-24/h1-14,23,26-27H,15-19H2/t23-/m0/s1. The normalized spacial score (nSPS) is 12.1. The summed E-state index contributed by atoms with van der Waals surface area (Å²) in [4.78, 5) is 2.24. The van der Waals surface area contributed by atoms with Crippen molar-refractivity contribution in [1.82, 2.24) is 4.90 Å². The van der Waals surface area contributed by atoms with E-state index in [2.05, 4.69) is 17.0 Å². The predicted octanol–water partition coefficient (Wildman–Crippen LogP) is 3.88. The van der Waals surface area contributed by atoms with E-state index in [1.54, 1.807) is 12.1 Å². The van der Waals surface area contributed by atoms with Crippen molar-refractivity contribution in [3.05, 3.63) is 96.1 Å². The molecule has 0 amide bonds. The van der Waals surface area contributed by atoms with Gasteiger partial charge in [-0.1, -0.05) is 60.7 Å². The molecule has 2 N–H and O–H groups in total. The van der Waals surface area contributed by atoms with Crippen molar-refractivity contribution >= 4 is 0 Å². The predicted molar refractivity (Wildman–Crippen MR) is 111 cm³/mol. The van der Waals surface area contributed by atoms with Crippen LogP contribution in [-0.2, 0) is 13.0 Å². The molecule has 0 saturated carbocycles. The maximum absolute atomic E-state index is 10.5. The highest BCUT2D eigenvalue weighted by Gasteiger charge is 2.13. The highest BCUT2D eigenvalue weighted by molar-refractivity contribution is 5.26. The lowest BCUT2D eigenvalue weighted by atomic mass is 10.1. The molecule has 0 saturated heterocycles. The Morgan fingerprint density at radius 3 is 2.11 bits per heavy atom. The maximum Gasteiger partial charge on any atom is 0.119 e. The molecule has 0 aliphatic carbocycles.